The number of likely N-dealkylation sites (tertiary alicyclic amines) is 1. The molecule has 20 heavy (non-hydrogen) atoms. The number of amides is 1. The Morgan fingerprint density at radius 3 is 2.20 bits per heavy atom. The number of aromatic amines is 1. The van der Waals surface area contributed by atoms with Crippen molar-refractivity contribution >= 4 is 11.9 Å². The molecule has 1 aliphatic rings. The van der Waals surface area contributed by atoms with Gasteiger partial charge in [0.15, 0.2) is 0 Å². The van der Waals surface area contributed by atoms with Crippen molar-refractivity contribution in [2.75, 3.05) is 0 Å². The summed E-state index contributed by atoms with van der Waals surface area (Å²) in [7, 11) is 0. The van der Waals surface area contributed by atoms with Gasteiger partial charge in [0, 0.05) is 17.8 Å². The van der Waals surface area contributed by atoms with Gasteiger partial charge >= 0.3 is 5.97 Å². The van der Waals surface area contributed by atoms with Gasteiger partial charge in [-0.3, -0.25) is 4.79 Å². The standard InChI is InChI=1S/C15H22N2O3/c1-8-6-5-7-9(2)17(8)14(18)12-10(3)13(15(19)20)16-11(12)4/h8-9,16H,5-7H2,1-4H3,(H,19,20)/t8-,9+. The third-order valence-electron chi connectivity index (χ3n) is 4.29. The lowest BCUT2D eigenvalue weighted by atomic mass is 9.95. The largest absolute Gasteiger partial charge is 0.477 e. The molecule has 0 aromatic carbocycles. The second-order valence-electron chi connectivity index (χ2n) is 5.77. The van der Waals surface area contributed by atoms with Gasteiger partial charge in [-0.25, -0.2) is 4.79 Å². The van der Waals surface area contributed by atoms with E-state index in [2.05, 4.69) is 18.8 Å². The van der Waals surface area contributed by atoms with Gasteiger partial charge in [-0.2, -0.15) is 0 Å². The van der Waals surface area contributed by atoms with Gasteiger partial charge in [0.1, 0.15) is 5.69 Å². The summed E-state index contributed by atoms with van der Waals surface area (Å²) in [4.78, 5) is 28.7. The van der Waals surface area contributed by atoms with E-state index in [9.17, 15) is 9.59 Å². The molecule has 2 N–H and O–H groups in total. The van der Waals surface area contributed by atoms with Gasteiger partial charge in [-0.1, -0.05) is 0 Å². The summed E-state index contributed by atoms with van der Waals surface area (Å²) in [5, 5.41) is 9.14. The van der Waals surface area contributed by atoms with Crippen LogP contribution in [-0.2, 0) is 0 Å². The molecule has 5 nitrogen and oxygen atoms in total. The highest BCUT2D eigenvalue weighted by Crippen LogP contribution is 2.27. The van der Waals surface area contributed by atoms with E-state index < -0.39 is 5.97 Å². The van der Waals surface area contributed by atoms with E-state index in [1.54, 1.807) is 13.8 Å². The molecule has 0 unspecified atom stereocenters. The maximum atomic E-state index is 12.8. The Labute approximate surface area is 119 Å². The predicted octanol–water partition coefficient (Wildman–Crippen LogP) is 2.73. The van der Waals surface area contributed by atoms with Crippen LogP contribution in [0.5, 0.6) is 0 Å². The summed E-state index contributed by atoms with van der Waals surface area (Å²) >= 11 is 0. The van der Waals surface area contributed by atoms with Crippen LogP contribution in [0.1, 0.15) is 65.2 Å². The second-order valence-corrected chi connectivity index (χ2v) is 5.77. The minimum absolute atomic E-state index is 0.0524. The van der Waals surface area contributed by atoms with Crippen LogP contribution < -0.4 is 0 Å². The molecule has 1 aliphatic heterocycles. The number of nitrogens with zero attached hydrogens (tertiary/aromatic N) is 1. The average Bonchev–Trinajstić information content (AvgIpc) is 2.64. The summed E-state index contributed by atoms with van der Waals surface area (Å²) in [5.41, 5.74) is 1.80. The van der Waals surface area contributed by atoms with Crippen molar-refractivity contribution in [3.05, 3.63) is 22.5 Å². The van der Waals surface area contributed by atoms with E-state index in [1.807, 2.05) is 4.90 Å². The smallest absolute Gasteiger partial charge is 0.352 e. The molecule has 2 heterocycles. The molecule has 2 atom stereocenters. The van der Waals surface area contributed by atoms with Crippen molar-refractivity contribution in [3.63, 3.8) is 0 Å². The SMILES string of the molecule is Cc1[nH]c(C(=O)O)c(C)c1C(=O)N1[C@H](C)CCC[C@@H]1C. The number of carbonyl (C=O) groups excluding carboxylic acids is 1. The van der Waals surface area contributed by atoms with E-state index in [-0.39, 0.29) is 23.7 Å². The lowest BCUT2D eigenvalue weighted by Gasteiger charge is -2.39. The zero-order valence-electron chi connectivity index (χ0n) is 12.5. The predicted molar refractivity (Wildman–Crippen MR) is 76.2 cm³/mol. The second kappa shape index (κ2) is 5.31. The molecule has 0 aliphatic carbocycles. The van der Waals surface area contributed by atoms with Crippen LogP contribution in [0.25, 0.3) is 0 Å². The van der Waals surface area contributed by atoms with E-state index >= 15 is 0 Å². The summed E-state index contributed by atoms with van der Waals surface area (Å²) in [6.45, 7) is 7.57. The number of H-pyrrole nitrogens is 1. The van der Waals surface area contributed by atoms with Gasteiger partial charge < -0.3 is 15.0 Å². The zero-order valence-corrected chi connectivity index (χ0v) is 12.5. The molecule has 1 aromatic rings. The minimum Gasteiger partial charge on any atom is -0.477 e. The van der Waals surface area contributed by atoms with Crippen LogP contribution in [0.4, 0.5) is 0 Å². The third kappa shape index (κ3) is 2.32. The molecule has 1 amide bonds. The zero-order chi connectivity index (χ0) is 15.0. The fourth-order valence-electron chi connectivity index (χ4n) is 3.24. The molecule has 0 radical (unpaired) electrons. The Balaban J connectivity index is 2.40. The summed E-state index contributed by atoms with van der Waals surface area (Å²) < 4.78 is 0. The summed E-state index contributed by atoms with van der Waals surface area (Å²) in [6.07, 6.45) is 3.15. The van der Waals surface area contributed by atoms with E-state index in [1.165, 1.54) is 0 Å². The van der Waals surface area contributed by atoms with Crippen LogP contribution in [0.15, 0.2) is 0 Å². The monoisotopic (exact) mass is 278 g/mol. The molecule has 5 heteroatoms. The first-order valence-electron chi connectivity index (χ1n) is 7.09. The molecular formula is C15H22N2O3. The van der Waals surface area contributed by atoms with Crippen molar-refractivity contribution in [3.8, 4) is 0 Å². The Morgan fingerprint density at radius 1 is 1.20 bits per heavy atom. The van der Waals surface area contributed by atoms with Gasteiger partial charge in [0.05, 0.1) is 5.56 Å². The van der Waals surface area contributed by atoms with Crippen molar-refractivity contribution < 1.29 is 14.7 Å². The van der Waals surface area contributed by atoms with E-state index in [0.29, 0.717) is 16.8 Å². The quantitative estimate of drug-likeness (QED) is 0.873. The Morgan fingerprint density at radius 2 is 1.75 bits per heavy atom. The molecule has 0 saturated carbocycles. The molecule has 110 valence electrons. The molecule has 1 fully saturated rings. The first kappa shape index (κ1) is 14.6. The molecule has 0 spiro atoms. The summed E-state index contributed by atoms with van der Waals surface area (Å²) in [6, 6.07) is 0.404. The summed E-state index contributed by atoms with van der Waals surface area (Å²) in [5.74, 6) is -1.08. The fourth-order valence-corrected chi connectivity index (χ4v) is 3.24. The van der Waals surface area contributed by atoms with Gasteiger partial charge in [0.2, 0.25) is 0 Å². The van der Waals surface area contributed by atoms with Crippen LogP contribution >= 0.6 is 0 Å². The molecular weight excluding hydrogens is 256 g/mol. The Kier molecular flexibility index (Phi) is 3.88. The topological polar surface area (TPSA) is 73.4 Å². The van der Waals surface area contributed by atoms with Crippen molar-refractivity contribution in [1.29, 1.82) is 0 Å². The van der Waals surface area contributed by atoms with Crippen LogP contribution in [0.2, 0.25) is 0 Å². The lowest BCUT2D eigenvalue weighted by molar-refractivity contribution is 0.0509. The Bertz CT molecular complexity index is 538. The van der Waals surface area contributed by atoms with Gasteiger partial charge in [-0.05, 0) is 52.5 Å². The first-order valence-corrected chi connectivity index (χ1v) is 7.09. The highest BCUT2D eigenvalue weighted by Gasteiger charge is 2.32. The first-order chi connectivity index (χ1) is 9.34. The van der Waals surface area contributed by atoms with Crippen LogP contribution in [0, 0.1) is 13.8 Å². The van der Waals surface area contributed by atoms with E-state index in [4.69, 9.17) is 5.11 Å². The maximum absolute atomic E-state index is 12.8. The number of piperidine rings is 1. The van der Waals surface area contributed by atoms with Crippen LogP contribution in [0.3, 0.4) is 0 Å². The fraction of sp³-hybridized carbons (Fsp3) is 0.600. The van der Waals surface area contributed by atoms with Gasteiger partial charge in [-0.15, -0.1) is 0 Å². The number of carboxylic acid groups (broad SMARTS) is 1. The van der Waals surface area contributed by atoms with Crippen molar-refractivity contribution in [2.45, 2.75) is 59.0 Å². The highest BCUT2D eigenvalue weighted by molar-refractivity contribution is 6.01. The number of nitrogens with one attached hydrogen (secondary N) is 1. The maximum Gasteiger partial charge on any atom is 0.352 e. The minimum atomic E-state index is -1.02. The van der Waals surface area contributed by atoms with E-state index in [0.717, 1.165) is 19.3 Å². The highest BCUT2D eigenvalue weighted by atomic mass is 16.4. The van der Waals surface area contributed by atoms with Crippen molar-refractivity contribution in [2.24, 2.45) is 0 Å². The number of carboxylic acids is 1. The number of carbonyl (C=O) groups is 2. The molecule has 2 rings (SSSR count). The molecule has 0 bridgehead atoms. The number of rotatable bonds is 2. The van der Waals surface area contributed by atoms with Gasteiger partial charge in [0.25, 0.3) is 5.91 Å². The third-order valence-corrected chi connectivity index (χ3v) is 4.29. The lowest BCUT2D eigenvalue weighted by Crippen LogP contribution is -2.47. The number of aryl methyl sites for hydroxylation is 1. The number of aromatic carboxylic acids is 1. The molecule has 1 saturated heterocycles. The average molecular weight is 278 g/mol. The Hall–Kier alpha value is -1.78. The van der Waals surface area contributed by atoms with Crippen LogP contribution in [-0.4, -0.2) is 39.0 Å². The number of hydrogen-bond acceptors (Lipinski definition) is 2. The number of aromatic nitrogens is 1. The normalized spacial score (nSPS) is 22.9. The molecule has 1 aromatic heterocycles. The number of hydrogen-bond donors (Lipinski definition) is 2. The van der Waals surface area contributed by atoms with Crippen molar-refractivity contribution in [1.82, 2.24) is 9.88 Å².